The summed E-state index contributed by atoms with van der Waals surface area (Å²) in [4.78, 5) is 7.75. The SMILES string of the molecule is [CH-]=O.[CH]1[CH][CH][CH][CH]1.[CH]1[CH][CH][CH][CH]1.[Fe+3]. The molecule has 0 aromatic carbocycles. The van der Waals surface area contributed by atoms with Crippen LogP contribution in [0.4, 0.5) is 0 Å². The molecule has 11 radical (unpaired) electrons. The fourth-order valence-electron chi connectivity index (χ4n) is 0.642. The summed E-state index contributed by atoms with van der Waals surface area (Å²) in [6.45, 7) is 3.25. The molecule has 67 valence electrons. The summed E-state index contributed by atoms with van der Waals surface area (Å²) in [5.41, 5.74) is 0. The number of rotatable bonds is 0. The van der Waals surface area contributed by atoms with Crippen LogP contribution in [0.25, 0.3) is 0 Å². The Labute approximate surface area is 93.1 Å². The molecule has 0 aromatic heterocycles. The van der Waals surface area contributed by atoms with Crippen LogP contribution in [0.15, 0.2) is 0 Å². The van der Waals surface area contributed by atoms with Crippen molar-refractivity contribution in [2.45, 2.75) is 0 Å². The maximum Gasteiger partial charge on any atom is 3.00 e. The summed E-state index contributed by atoms with van der Waals surface area (Å²) < 4.78 is 0. The zero-order valence-corrected chi connectivity index (χ0v) is 8.22. The first kappa shape index (κ1) is 15.7. The molecule has 2 fully saturated rings. The maximum absolute atomic E-state index is 7.75. The van der Waals surface area contributed by atoms with Crippen molar-refractivity contribution in [2.24, 2.45) is 0 Å². The first-order valence-electron chi connectivity index (χ1n) is 3.57. The zero-order chi connectivity index (χ0) is 9.07. The van der Waals surface area contributed by atoms with Crippen LogP contribution in [0, 0.1) is 64.2 Å². The minimum atomic E-state index is 0. The van der Waals surface area contributed by atoms with Crippen molar-refractivity contribution in [1.29, 1.82) is 0 Å². The molecule has 0 heterocycles. The molecule has 2 saturated carbocycles. The van der Waals surface area contributed by atoms with Crippen molar-refractivity contribution < 1.29 is 21.9 Å². The molecular weight excluding hydrogens is 204 g/mol. The van der Waals surface area contributed by atoms with Gasteiger partial charge in [-0.25, -0.2) is 0 Å². The van der Waals surface area contributed by atoms with Crippen LogP contribution < -0.4 is 0 Å². The minimum absolute atomic E-state index is 0. The summed E-state index contributed by atoms with van der Waals surface area (Å²) in [5.74, 6) is 0. The van der Waals surface area contributed by atoms with E-state index in [-0.39, 0.29) is 17.1 Å². The van der Waals surface area contributed by atoms with Gasteiger partial charge in [-0.2, -0.15) is 0 Å². The van der Waals surface area contributed by atoms with Gasteiger partial charge in [0, 0.05) is 0 Å². The third-order valence-electron chi connectivity index (χ3n) is 1.11. The molecule has 1 nitrogen and oxygen atoms in total. The molecule has 0 aliphatic heterocycles. The van der Waals surface area contributed by atoms with Crippen LogP contribution in [0.2, 0.25) is 0 Å². The Morgan fingerprint density at radius 3 is 0.615 bits per heavy atom. The second kappa shape index (κ2) is 14.7. The molecule has 13 heavy (non-hydrogen) atoms. The second-order valence-electron chi connectivity index (χ2n) is 1.92. The predicted octanol–water partition coefficient (Wildman–Crippen LogP) is 1.77. The first-order valence-corrected chi connectivity index (χ1v) is 3.57. The smallest absolute Gasteiger partial charge is 0.545 e. The Morgan fingerprint density at radius 1 is 0.462 bits per heavy atom. The second-order valence-corrected chi connectivity index (χ2v) is 1.92. The molecule has 0 atom stereocenters. The van der Waals surface area contributed by atoms with E-state index in [0.29, 0.717) is 0 Å². The van der Waals surface area contributed by atoms with E-state index in [1.165, 1.54) is 0 Å². The number of hydrogen-bond donors (Lipinski definition) is 0. The van der Waals surface area contributed by atoms with Gasteiger partial charge < -0.3 is 4.79 Å². The minimum Gasteiger partial charge on any atom is -0.545 e. The third kappa shape index (κ3) is 12.2. The van der Waals surface area contributed by atoms with Crippen molar-refractivity contribution >= 4 is 6.79 Å². The monoisotopic (exact) mass is 215 g/mol. The Bertz CT molecular complexity index is 52.9. The van der Waals surface area contributed by atoms with Gasteiger partial charge >= 0.3 is 17.1 Å². The van der Waals surface area contributed by atoms with Gasteiger partial charge in [-0.15, -0.1) is 0 Å². The summed E-state index contributed by atoms with van der Waals surface area (Å²) in [6, 6.07) is 0. The van der Waals surface area contributed by atoms with Crippen LogP contribution in [-0.4, -0.2) is 6.79 Å². The fourth-order valence-corrected chi connectivity index (χ4v) is 0.642. The molecule has 2 aliphatic carbocycles. The van der Waals surface area contributed by atoms with Crippen molar-refractivity contribution in [2.75, 3.05) is 0 Å². The van der Waals surface area contributed by atoms with Crippen LogP contribution in [0.3, 0.4) is 0 Å². The largest absolute Gasteiger partial charge is 3.00 e. The Balaban J connectivity index is 0. The number of carbonyl (C=O) groups excluding carboxylic acids is 1. The topological polar surface area (TPSA) is 17.1 Å². The van der Waals surface area contributed by atoms with E-state index in [1.807, 2.05) is 64.2 Å². The van der Waals surface area contributed by atoms with Gasteiger partial charge in [0.05, 0.1) is 0 Å². The first-order chi connectivity index (χ1) is 6.00. The normalized spacial score (nSPS) is 18.8. The van der Waals surface area contributed by atoms with E-state index in [9.17, 15) is 0 Å². The molecule has 2 heteroatoms. The van der Waals surface area contributed by atoms with Gasteiger partial charge in [0.1, 0.15) is 0 Å². The van der Waals surface area contributed by atoms with Gasteiger partial charge in [0.2, 0.25) is 0 Å². The van der Waals surface area contributed by atoms with Gasteiger partial charge in [-0.1, -0.05) is 0 Å². The van der Waals surface area contributed by atoms with E-state index in [1.54, 1.807) is 0 Å². The Kier molecular flexibility index (Phi) is 17.7. The molecule has 0 unspecified atom stereocenters. The fraction of sp³-hybridized carbons (Fsp3) is 0. The molecular formula is C11H11FeO+2. The van der Waals surface area contributed by atoms with Crippen LogP contribution in [0.1, 0.15) is 0 Å². The summed E-state index contributed by atoms with van der Waals surface area (Å²) in [5, 5.41) is 0. The van der Waals surface area contributed by atoms with Crippen molar-refractivity contribution in [3.05, 3.63) is 64.2 Å². The van der Waals surface area contributed by atoms with E-state index in [2.05, 4.69) is 6.79 Å². The van der Waals surface area contributed by atoms with E-state index >= 15 is 0 Å². The van der Waals surface area contributed by atoms with Gasteiger partial charge in [-0.3, -0.25) is 6.79 Å². The Hall–Kier alpha value is 0.189. The van der Waals surface area contributed by atoms with Crippen molar-refractivity contribution in [3.8, 4) is 0 Å². The van der Waals surface area contributed by atoms with Gasteiger partial charge in [0.25, 0.3) is 0 Å². The summed E-state index contributed by atoms with van der Waals surface area (Å²) in [6.07, 6.45) is 20.0. The molecule has 2 rings (SSSR count). The van der Waals surface area contributed by atoms with E-state index in [0.717, 1.165) is 0 Å². The van der Waals surface area contributed by atoms with Crippen molar-refractivity contribution in [3.63, 3.8) is 0 Å². The standard InChI is InChI=1S/2C5H5.CHO.Fe/c2*1-2-4-5-3-1;1-2;/h2*1-5H;1H;/q;;-1;+3. The maximum atomic E-state index is 7.75. The molecule has 0 spiro atoms. The molecule has 0 bridgehead atoms. The van der Waals surface area contributed by atoms with Crippen LogP contribution >= 0.6 is 0 Å². The van der Waals surface area contributed by atoms with Crippen molar-refractivity contribution in [1.82, 2.24) is 0 Å². The predicted molar refractivity (Wildman–Crippen MR) is 49.8 cm³/mol. The summed E-state index contributed by atoms with van der Waals surface area (Å²) >= 11 is 0. The Morgan fingerprint density at radius 2 is 0.538 bits per heavy atom. The quantitative estimate of drug-likeness (QED) is 0.342. The van der Waals surface area contributed by atoms with Crippen LogP contribution in [0.5, 0.6) is 0 Å². The van der Waals surface area contributed by atoms with Gasteiger partial charge in [0.15, 0.2) is 0 Å². The average Bonchev–Trinajstić information content (AvgIpc) is 2.87. The van der Waals surface area contributed by atoms with E-state index in [4.69, 9.17) is 4.79 Å². The zero-order valence-electron chi connectivity index (χ0n) is 7.11. The average molecular weight is 215 g/mol. The molecule has 0 aromatic rings. The molecule has 0 amide bonds. The molecule has 2 aliphatic rings. The van der Waals surface area contributed by atoms with E-state index < -0.39 is 0 Å². The third-order valence-corrected chi connectivity index (χ3v) is 1.11. The molecule has 0 N–H and O–H groups in total. The number of hydrogen-bond acceptors (Lipinski definition) is 1. The van der Waals surface area contributed by atoms with Gasteiger partial charge in [-0.05, 0) is 64.2 Å². The van der Waals surface area contributed by atoms with Crippen LogP contribution in [-0.2, 0) is 21.9 Å². The summed E-state index contributed by atoms with van der Waals surface area (Å²) in [7, 11) is 0. The molecule has 0 saturated heterocycles.